The lowest BCUT2D eigenvalue weighted by molar-refractivity contribution is 0.422. The SMILES string of the molecule is CC(C)(C)c1cc(CN=C(N)N=C(N)c2ccccc2)cc(C(C)(C)C)c1O. The first-order valence-corrected chi connectivity index (χ1v) is 9.46. The van der Waals surface area contributed by atoms with Crippen LogP contribution in [0.3, 0.4) is 0 Å². The van der Waals surface area contributed by atoms with Crippen LogP contribution in [0.4, 0.5) is 0 Å². The maximum absolute atomic E-state index is 10.8. The van der Waals surface area contributed by atoms with Gasteiger partial charge in [-0.1, -0.05) is 71.9 Å². The number of aliphatic imine (C=N–C) groups is 2. The fourth-order valence-corrected chi connectivity index (χ4v) is 2.93. The van der Waals surface area contributed by atoms with Crippen LogP contribution in [0.1, 0.15) is 63.8 Å². The fourth-order valence-electron chi connectivity index (χ4n) is 2.93. The van der Waals surface area contributed by atoms with Crippen LogP contribution in [0, 0.1) is 0 Å². The lowest BCUT2D eigenvalue weighted by Gasteiger charge is -2.28. The molecular weight excluding hydrogens is 348 g/mol. The van der Waals surface area contributed by atoms with Crippen molar-refractivity contribution in [3.05, 3.63) is 64.7 Å². The second-order valence-electron chi connectivity index (χ2n) is 9.08. The zero-order valence-corrected chi connectivity index (χ0v) is 17.7. The van der Waals surface area contributed by atoms with Gasteiger partial charge in [-0.2, -0.15) is 4.99 Å². The van der Waals surface area contributed by atoms with Gasteiger partial charge in [0.15, 0.2) is 0 Å². The van der Waals surface area contributed by atoms with Crippen LogP contribution in [0.15, 0.2) is 52.4 Å². The summed E-state index contributed by atoms with van der Waals surface area (Å²) in [7, 11) is 0. The first-order chi connectivity index (χ1) is 12.9. The highest BCUT2D eigenvalue weighted by atomic mass is 16.3. The maximum Gasteiger partial charge on any atom is 0.217 e. The van der Waals surface area contributed by atoms with Crippen LogP contribution < -0.4 is 11.5 Å². The van der Waals surface area contributed by atoms with Crippen LogP contribution in [0.2, 0.25) is 0 Å². The van der Waals surface area contributed by atoms with Gasteiger partial charge in [0.2, 0.25) is 5.96 Å². The molecule has 5 heteroatoms. The minimum atomic E-state index is -0.189. The number of rotatable bonds is 3. The number of amidine groups is 1. The molecule has 0 radical (unpaired) electrons. The molecule has 0 fully saturated rings. The normalized spacial score (nSPS) is 13.6. The highest BCUT2D eigenvalue weighted by Gasteiger charge is 2.26. The zero-order valence-electron chi connectivity index (χ0n) is 17.7. The van der Waals surface area contributed by atoms with Gasteiger partial charge >= 0.3 is 0 Å². The molecule has 2 aromatic carbocycles. The van der Waals surface area contributed by atoms with Gasteiger partial charge in [-0.25, -0.2) is 4.99 Å². The number of hydrogen-bond donors (Lipinski definition) is 3. The predicted octanol–water partition coefficient (Wildman–Crippen LogP) is 4.21. The molecule has 0 heterocycles. The molecule has 0 bridgehead atoms. The number of phenols is 1. The van der Waals surface area contributed by atoms with Crippen LogP contribution in [-0.4, -0.2) is 16.9 Å². The van der Waals surface area contributed by atoms with Crippen molar-refractivity contribution in [3.63, 3.8) is 0 Å². The van der Waals surface area contributed by atoms with Gasteiger partial charge in [0.05, 0.1) is 6.54 Å². The molecule has 0 saturated heterocycles. The lowest BCUT2D eigenvalue weighted by Crippen LogP contribution is -2.20. The Morgan fingerprint density at radius 3 is 1.86 bits per heavy atom. The molecule has 2 rings (SSSR count). The molecule has 0 aromatic heterocycles. The second-order valence-corrected chi connectivity index (χ2v) is 9.08. The number of benzene rings is 2. The van der Waals surface area contributed by atoms with E-state index in [9.17, 15) is 5.11 Å². The molecule has 0 aliphatic carbocycles. The van der Waals surface area contributed by atoms with Gasteiger partial charge in [-0.05, 0) is 39.7 Å². The van der Waals surface area contributed by atoms with Crippen molar-refractivity contribution in [2.75, 3.05) is 0 Å². The van der Waals surface area contributed by atoms with Crippen molar-refractivity contribution >= 4 is 11.8 Å². The van der Waals surface area contributed by atoms with Crippen molar-refractivity contribution in [1.82, 2.24) is 0 Å². The highest BCUT2D eigenvalue weighted by molar-refractivity contribution is 6.04. The maximum atomic E-state index is 10.8. The summed E-state index contributed by atoms with van der Waals surface area (Å²) in [4.78, 5) is 8.58. The molecule has 0 unspecified atom stereocenters. The number of nitrogens with zero attached hydrogens (tertiary/aromatic N) is 2. The molecule has 0 amide bonds. The number of phenolic OH excluding ortho intramolecular Hbond substituents is 1. The third-order valence-corrected chi connectivity index (χ3v) is 4.51. The quantitative estimate of drug-likeness (QED) is 0.550. The smallest absolute Gasteiger partial charge is 0.217 e. The van der Waals surface area contributed by atoms with Gasteiger partial charge in [-0.15, -0.1) is 0 Å². The minimum Gasteiger partial charge on any atom is -0.507 e. The van der Waals surface area contributed by atoms with Crippen molar-refractivity contribution in [1.29, 1.82) is 0 Å². The van der Waals surface area contributed by atoms with Crippen molar-refractivity contribution in [2.45, 2.75) is 58.9 Å². The van der Waals surface area contributed by atoms with Gasteiger partial charge in [-0.3, -0.25) is 0 Å². The fraction of sp³-hybridized carbons (Fsp3) is 0.391. The lowest BCUT2D eigenvalue weighted by atomic mass is 9.78. The molecule has 0 aliphatic rings. The van der Waals surface area contributed by atoms with Crippen LogP contribution >= 0.6 is 0 Å². The summed E-state index contributed by atoms with van der Waals surface area (Å²) in [5, 5.41) is 10.8. The van der Waals surface area contributed by atoms with E-state index in [0.717, 1.165) is 22.3 Å². The summed E-state index contributed by atoms with van der Waals surface area (Å²) in [5.74, 6) is 0.814. The van der Waals surface area contributed by atoms with Gasteiger partial charge in [0, 0.05) is 5.56 Å². The molecule has 0 saturated carbocycles. The van der Waals surface area contributed by atoms with Gasteiger partial charge < -0.3 is 16.6 Å². The van der Waals surface area contributed by atoms with E-state index in [1.807, 2.05) is 42.5 Å². The van der Waals surface area contributed by atoms with E-state index in [1.54, 1.807) is 0 Å². The first kappa shape index (κ1) is 21.5. The molecule has 5 nitrogen and oxygen atoms in total. The van der Waals surface area contributed by atoms with E-state index in [1.165, 1.54) is 0 Å². The zero-order chi connectivity index (χ0) is 21.1. The number of nitrogens with two attached hydrogens (primary N) is 2. The Bertz CT molecular complexity index is 850. The molecule has 0 atom stereocenters. The summed E-state index contributed by atoms with van der Waals surface area (Å²) in [6.07, 6.45) is 0. The van der Waals surface area contributed by atoms with Crippen molar-refractivity contribution in [3.8, 4) is 5.75 Å². The Labute approximate surface area is 168 Å². The minimum absolute atomic E-state index is 0.129. The average molecular weight is 381 g/mol. The predicted molar refractivity (Wildman–Crippen MR) is 118 cm³/mol. The number of hydrogen-bond acceptors (Lipinski definition) is 2. The molecule has 5 N–H and O–H groups in total. The first-order valence-electron chi connectivity index (χ1n) is 9.46. The topological polar surface area (TPSA) is 97.0 Å². The standard InChI is InChI=1S/C23H32N4O/c1-22(2,3)17-12-15(13-18(19(17)28)23(4,5)6)14-26-21(25)27-20(24)16-10-8-7-9-11-16/h7-13,28H,14H2,1-6H3,(H4,24,25,26,27). The second kappa shape index (κ2) is 8.05. The van der Waals surface area contributed by atoms with E-state index >= 15 is 0 Å². The third-order valence-electron chi connectivity index (χ3n) is 4.51. The Kier molecular flexibility index (Phi) is 6.17. The Balaban J connectivity index is 2.36. The molecule has 28 heavy (non-hydrogen) atoms. The Hall–Kier alpha value is -2.82. The summed E-state index contributed by atoms with van der Waals surface area (Å²) in [6.45, 7) is 12.9. The summed E-state index contributed by atoms with van der Waals surface area (Å²) in [6, 6.07) is 13.4. The van der Waals surface area contributed by atoms with Gasteiger partial charge in [0.25, 0.3) is 0 Å². The van der Waals surface area contributed by atoms with E-state index in [-0.39, 0.29) is 16.8 Å². The van der Waals surface area contributed by atoms with Crippen LogP contribution in [-0.2, 0) is 17.4 Å². The monoisotopic (exact) mass is 380 g/mol. The molecular formula is C23H32N4O. The highest BCUT2D eigenvalue weighted by Crippen LogP contribution is 2.39. The largest absolute Gasteiger partial charge is 0.507 e. The summed E-state index contributed by atoms with van der Waals surface area (Å²) >= 11 is 0. The van der Waals surface area contributed by atoms with E-state index in [0.29, 0.717) is 18.1 Å². The van der Waals surface area contributed by atoms with Crippen LogP contribution in [0.5, 0.6) is 5.75 Å². The average Bonchev–Trinajstić information content (AvgIpc) is 2.59. The van der Waals surface area contributed by atoms with Crippen molar-refractivity contribution in [2.24, 2.45) is 21.5 Å². The molecule has 150 valence electrons. The van der Waals surface area contributed by atoms with Crippen molar-refractivity contribution < 1.29 is 5.11 Å². The van der Waals surface area contributed by atoms with Crippen LogP contribution in [0.25, 0.3) is 0 Å². The van der Waals surface area contributed by atoms with Gasteiger partial charge in [0.1, 0.15) is 11.6 Å². The number of guanidine groups is 1. The molecule has 0 aliphatic heterocycles. The van der Waals surface area contributed by atoms with E-state index in [4.69, 9.17) is 11.5 Å². The number of aromatic hydroxyl groups is 1. The van der Waals surface area contributed by atoms with E-state index < -0.39 is 0 Å². The third kappa shape index (κ3) is 5.35. The van der Waals surface area contributed by atoms with E-state index in [2.05, 4.69) is 51.5 Å². The summed E-state index contributed by atoms with van der Waals surface area (Å²) in [5.41, 5.74) is 15.2. The summed E-state index contributed by atoms with van der Waals surface area (Å²) < 4.78 is 0. The Morgan fingerprint density at radius 1 is 0.893 bits per heavy atom. The molecule has 2 aromatic rings. The molecule has 0 spiro atoms. The Morgan fingerprint density at radius 2 is 1.39 bits per heavy atom.